The first-order valence-electron chi connectivity index (χ1n) is 5.62. The molecule has 0 unspecified atom stereocenters. The lowest BCUT2D eigenvalue weighted by Crippen LogP contribution is -2.62. The molecule has 0 atom stereocenters. The summed E-state index contributed by atoms with van der Waals surface area (Å²) in [6.07, 6.45) is 0. The first kappa shape index (κ1) is 14.9. The van der Waals surface area contributed by atoms with Crippen LogP contribution < -0.4 is 10.2 Å². The predicted octanol–water partition coefficient (Wildman–Crippen LogP) is 1.85. The third kappa shape index (κ3) is 2.05. The Morgan fingerprint density at radius 3 is 1.95 bits per heavy atom. The number of barbiturate groups is 1. The van der Waals surface area contributed by atoms with E-state index in [1.807, 2.05) is 0 Å². The first-order valence-corrected chi connectivity index (χ1v) is 5.62. The third-order valence-corrected chi connectivity index (χ3v) is 3.04. The van der Waals surface area contributed by atoms with Gasteiger partial charge in [0, 0.05) is 6.07 Å². The molecule has 1 aromatic carbocycles. The highest BCUT2D eigenvalue weighted by Crippen LogP contribution is 2.33. The third-order valence-electron chi connectivity index (χ3n) is 3.04. The number of halogens is 4. The maximum Gasteiger partial charge on any atom is 0.335 e. The lowest BCUT2D eigenvalue weighted by Gasteiger charge is -2.34. The van der Waals surface area contributed by atoms with Crippen LogP contribution in [0.2, 0.25) is 0 Å². The van der Waals surface area contributed by atoms with Gasteiger partial charge in [0.15, 0.2) is 23.3 Å². The molecule has 1 heterocycles. The summed E-state index contributed by atoms with van der Waals surface area (Å²) in [5.74, 6) is -9.69. The van der Waals surface area contributed by atoms with Crippen molar-refractivity contribution in [2.45, 2.75) is 13.8 Å². The van der Waals surface area contributed by atoms with Gasteiger partial charge in [-0.1, -0.05) is 0 Å². The number of amides is 4. The summed E-state index contributed by atoms with van der Waals surface area (Å²) in [4.78, 5) is 35.1. The SMILES string of the molecule is CC1(C)C(=O)NC(=O)N(c2c(F)c(F)cc(F)c2F)C1=O. The number of benzene rings is 1. The van der Waals surface area contributed by atoms with Gasteiger partial charge in [-0.25, -0.2) is 27.3 Å². The molecular formula is C12H8F4N2O3. The number of carbonyl (C=O) groups excluding carboxylic acids is 3. The zero-order valence-corrected chi connectivity index (χ0v) is 10.8. The second-order valence-corrected chi connectivity index (χ2v) is 4.84. The van der Waals surface area contributed by atoms with E-state index in [0.717, 1.165) is 13.8 Å². The molecule has 1 saturated heterocycles. The molecule has 9 heteroatoms. The van der Waals surface area contributed by atoms with Crippen molar-refractivity contribution in [2.24, 2.45) is 5.41 Å². The number of carbonyl (C=O) groups is 3. The Hall–Kier alpha value is -2.45. The quantitative estimate of drug-likeness (QED) is 0.489. The number of nitrogens with one attached hydrogen (secondary N) is 1. The molecular weight excluding hydrogens is 296 g/mol. The monoisotopic (exact) mass is 304 g/mol. The number of nitrogens with zero attached hydrogens (tertiary/aromatic N) is 1. The Morgan fingerprint density at radius 1 is 1.00 bits per heavy atom. The van der Waals surface area contributed by atoms with Crippen LogP contribution in [0.25, 0.3) is 0 Å². The molecule has 1 aliphatic rings. The van der Waals surface area contributed by atoms with Crippen LogP contribution in [-0.2, 0) is 9.59 Å². The zero-order valence-electron chi connectivity index (χ0n) is 10.8. The van der Waals surface area contributed by atoms with E-state index in [1.165, 1.54) is 0 Å². The molecule has 0 aromatic heterocycles. The van der Waals surface area contributed by atoms with Crippen LogP contribution in [0.5, 0.6) is 0 Å². The summed E-state index contributed by atoms with van der Waals surface area (Å²) >= 11 is 0. The zero-order chi connectivity index (χ0) is 16.1. The van der Waals surface area contributed by atoms with E-state index >= 15 is 0 Å². The van der Waals surface area contributed by atoms with E-state index < -0.39 is 52.2 Å². The fraction of sp³-hybridized carbons (Fsp3) is 0.250. The van der Waals surface area contributed by atoms with Gasteiger partial charge < -0.3 is 0 Å². The normalized spacial score (nSPS) is 18.0. The van der Waals surface area contributed by atoms with Gasteiger partial charge in [0.1, 0.15) is 11.1 Å². The lowest BCUT2D eigenvalue weighted by molar-refractivity contribution is -0.140. The summed E-state index contributed by atoms with van der Waals surface area (Å²) in [6, 6.07) is -1.55. The highest BCUT2D eigenvalue weighted by Gasteiger charge is 2.49. The van der Waals surface area contributed by atoms with Gasteiger partial charge in [0.25, 0.3) is 5.91 Å². The number of hydrogen-bond acceptors (Lipinski definition) is 3. The number of anilines is 1. The molecule has 1 N–H and O–H groups in total. The van der Waals surface area contributed by atoms with Gasteiger partial charge in [-0.05, 0) is 13.8 Å². The fourth-order valence-electron chi connectivity index (χ4n) is 1.74. The number of hydrogen-bond donors (Lipinski definition) is 1. The van der Waals surface area contributed by atoms with Crippen molar-refractivity contribution < 1.29 is 31.9 Å². The van der Waals surface area contributed by atoms with E-state index in [2.05, 4.69) is 0 Å². The minimum absolute atomic E-state index is 0.0587. The first-order chi connectivity index (χ1) is 9.59. The Kier molecular flexibility index (Phi) is 3.23. The summed E-state index contributed by atoms with van der Waals surface area (Å²) in [6.45, 7) is 2.19. The molecule has 1 fully saturated rings. The van der Waals surface area contributed by atoms with Crippen LogP contribution in [0.15, 0.2) is 6.07 Å². The highest BCUT2D eigenvalue weighted by molar-refractivity contribution is 6.29. The molecule has 2 rings (SSSR count). The smallest absolute Gasteiger partial charge is 0.276 e. The van der Waals surface area contributed by atoms with Gasteiger partial charge in [0.2, 0.25) is 5.91 Å². The van der Waals surface area contributed by atoms with Crippen molar-refractivity contribution in [2.75, 3.05) is 4.90 Å². The minimum atomic E-state index is -1.91. The van der Waals surface area contributed by atoms with Crippen LogP contribution in [0, 0.1) is 28.7 Å². The molecule has 1 aromatic rings. The maximum atomic E-state index is 13.7. The molecule has 0 aliphatic carbocycles. The molecule has 0 saturated carbocycles. The van der Waals surface area contributed by atoms with Crippen molar-refractivity contribution in [3.05, 3.63) is 29.3 Å². The number of urea groups is 1. The number of imide groups is 2. The maximum absolute atomic E-state index is 13.7. The molecule has 112 valence electrons. The van der Waals surface area contributed by atoms with Gasteiger partial charge in [-0.3, -0.25) is 14.9 Å². The Labute approximate surface area is 115 Å². The van der Waals surface area contributed by atoms with Gasteiger partial charge in [0.05, 0.1) is 0 Å². The molecule has 0 spiro atoms. The van der Waals surface area contributed by atoms with Crippen LogP contribution in [0.4, 0.5) is 28.0 Å². The van der Waals surface area contributed by atoms with Crippen molar-refractivity contribution in [3.63, 3.8) is 0 Å². The van der Waals surface area contributed by atoms with Crippen LogP contribution in [0.1, 0.15) is 13.8 Å². The average Bonchev–Trinajstić information content (AvgIpc) is 2.38. The predicted molar refractivity (Wildman–Crippen MR) is 61.1 cm³/mol. The minimum Gasteiger partial charge on any atom is -0.276 e. The van der Waals surface area contributed by atoms with E-state index in [9.17, 15) is 31.9 Å². The van der Waals surface area contributed by atoms with Gasteiger partial charge >= 0.3 is 6.03 Å². The van der Waals surface area contributed by atoms with Crippen LogP contribution >= 0.6 is 0 Å². The summed E-state index contributed by atoms with van der Waals surface area (Å²) in [5.41, 5.74) is -3.34. The van der Waals surface area contributed by atoms with Crippen LogP contribution in [-0.4, -0.2) is 17.8 Å². The van der Waals surface area contributed by atoms with Crippen molar-refractivity contribution in [1.82, 2.24) is 5.32 Å². The molecule has 0 bridgehead atoms. The Morgan fingerprint density at radius 2 is 1.48 bits per heavy atom. The van der Waals surface area contributed by atoms with E-state index in [4.69, 9.17) is 0 Å². The molecule has 1 aliphatic heterocycles. The summed E-state index contributed by atoms with van der Waals surface area (Å²) in [5, 5.41) is 1.69. The molecule has 4 amide bonds. The average molecular weight is 304 g/mol. The molecule has 21 heavy (non-hydrogen) atoms. The largest absolute Gasteiger partial charge is 0.335 e. The molecule has 0 radical (unpaired) electrons. The fourth-order valence-corrected chi connectivity index (χ4v) is 1.74. The van der Waals surface area contributed by atoms with Gasteiger partial charge in [-0.15, -0.1) is 0 Å². The highest BCUT2D eigenvalue weighted by atomic mass is 19.2. The lowest BCUT2D eigenvalue weighted by atomic mass is 9.88. The topological polar surface area (TPSA) is 66.5 Å². The van der Waals surface area contributed by atoms with E-state index in [0.29, 0.717) is 0 Å². The van der Waals surface area contributed by atoms with Crippen molar-refractivity contribution >= 4 is 23.5 Å². The molecule has 5 nitrogen and oxygen atoms in total. The van der Waals surface area contributed by atoms with Gasteiger partial charge in [-0.2, -0.15) is 0 Å². The van der Waals surface area contributed by atoms with Crippen molar-refractivity contribution in [1.29, 1.82) is 0 Å². The Bertz CT molecular complexity index is 661. The standard InChI is InChI=1S/C12H8F4N2O3/c1-12(2)9(19)17-11(21)18(10(12)20)8-6(15)4(13)3-5(14)7(8)16/h3H,1-2H3,(H,17,19,21). The van der Waals surface area contributed by atoms with Crippen LogP contribution in [0.3, 0.4) is 0 Å². The second kappa shape index (κ2) is 4.54. The van der Waals surface area contributed by atoms with E-state index in [1.54, 1.807) is 5.32 Å². The van der Waals surface area contributed by atoms with Crippen molar-refractivity contribution in [3.8, 4) is 0 Å². The Balaban J connectivity index is 2.69. The van der Waals surface area contributed by atoms with E-state index in [-0.39, 0.29) is 11.0 Å². The summed E-state index contributed by atoms with van der Waals surface area (Å²) < 4.78 is 53.7. The second-order valence-electron chi connectivity index (χ2n) is 4.84. The summed E-state index contributed by atoms with van der Waals surface area (Å²) in [7, 11) is 0. The number of rotatable bonds is 1.